The number of hydrogen-bond acceptors (Lipinski definition) is 4. The van der Waals surface area contributed by atoms with E-state index in [-0.39, 0.29) is 11.3 Å². The maximum absolute atomic E-state index is 12.0. The van der Waals surface area contributed by atoms with Gasteiger partial charge in [0.1, 0.15) is 0 Å². The number of benzene rings is 1. The summed E-state index contributed by atoms with van der Waals surface area (Å²) in [5.41, 5.74) is 1.95. The minimum atomic E-state index is -0.0910. The number of carbonyl (C=O) groups is 1. The number of carbonyl (C=O) groups excluding carboxylic acids is 1. The Morgan fingerprint density at radius 3 is 2.43 bits per heavy atom. The summed E-state index contributed by atoms with van der Waals surface area (Å²) in [7, 11) is 0. The molecule has 112 valence electrons. The number of rotatable bonds is 4. The zero-order chi connectivity index (χ0) is 15.5. The van der Waals surface area contributed by atoms with E-state index in [1.807, 2.05) is 24.3 Å². The predicted molar refractivity (Wildman–Crippen MR) is 80.2 cm³/mol. The fourth-order valence-electron chi connectivity index (χ4n) is 1.95. The van der Waals surface area contributed by atoms with Gasteiger partial charge < -0.3 is 9.84 Å². The van der Waals surface area contributed by atoms with Crippen LogP contribution in [0.25, 0.3) is 0 Å². The molecule has 5 nitrogen and oxygen atoms in total. The fraction of sp³-hybridized carbons (Fsp3) is 0.438. The highest BCUT2D eigenvalue weighted by atomic mass is 16.5. The summed E-state index contributed by atoms with van der Waals surface area (Å²) in [4.78, 5) is 16.1. The molecule has 0 saturated carbocycles. The lowest BCUT2D eigenvalue weighted by Crippen LogP contribution is -2.25. The molecule has 0 aliphatic rings. The molecule has 0 fully saturated rings. The Kier molecular flexibility index (Phi) is 4.40. The maximum Gasteiger partial charge on any atom is 0.251 e. The highest BCUT2D eigenvalue weighted by Gasteiger charge is 2.14. The zero-order valence-corrected chi connectivity index (χ0v) is 12.9. The molecule has 2 aromatic rings. The smallest absolute Gasteiger partial charge is 0.251 e. The lowest BCUT2D eigenvalue weighted by molar-refractivity contribution is 0.0953. The average Bonchev–Trinajstić information content (AvgIpc) is 2.83. The van der Waals surface area contributed by atoms with E-state index in [1.54, 1.807) is 6.92 Å². The predicted octanol–water partition coefficient (Wildman–Crippen LogP) is 2.65. The third-order valence-corrected chi connectivity index (χ3v) is 3.21. The molecule has 1 aromatic carbocycles. The molecule has 0 unspecified atom stereocenters. The van der Waals surface area contributed by atoms with Crippen LogP contribution < -0.4 is 5.32 Å². The number of nitrogens with zero attached hydrogens (tertiary/aromatic N) is 2. The van der Waals surface area contributed by atoms with Crippen molar-refractivity contribution in [3.63, 3.8) is 0 Å². The van der Waals surface area contributed by atoms with Gasteiger partial charge in [-0.1, -0.05) is 38.1 Å². The Hall–Kier alpha value is -2.17. The first kappa shape index (κ1) is 15.2. The standard InChI is InChI=1S/C16H21N3O2/c1-11-18-14(21-19-11)9-10-17-15(20)12-5-7-13(8-6-12)16(2,3)4/h5-8H,9-10H2,1-4H3,(H,17,20). The molecule has 1 amide bonds. The van der Waals surface area contributed by atoms with Crippen molar-refractivity contribution in [1.82, 2.24) is 15.5 Å². The SMILES string of the molecule is Cc1noc(CCNC(=O)c2ccc(C(C)(C)C)cc2)n1. The van der Waals surface area contributed by atoms with Crippen LogP contribution in [0, 0.1) is 6.92 Å². The van der Waals surface area contributed by atoms with Gasteiger partial charge in [-0.25, -0.2) is 0 Å². The molecule has 0 bridgehead atoms. The first-order valence-electron chi connectivity index (χ1n) is 7.04. The van der Waals surface area contributed by atoms with Gasteiger partial charge in [0.05, 0.1) is 0 Å². The Balaban J connectivity index is 1.88. The second-order valence-electron chi connectivity index (χ2n) is 6.07. The van der Waals surface area contributed by atoms with Crippen LogP contribution in [0.1, 0.15) is 48.4 Å². The molecule has 0 saturated heterocycles. The second-order valence-corrected chi connectivity index (χ2v) is 6.07. The first-order chi connectivity index (χ1) is 9.86. The summed E-state index contributed by atoms with van der Waals surface area (Å²) >= 11 is 0. The molecule has 2 rings (SSSR count). The normalized spacial score (nSPS) is 11.4. The zero-order valence-electron chi connectivity index (χ0n) is 12.9. The van der Waals surface area contributed by atoms with Crippen molar-refractivity contribution in [2.24, 2.45) is 0 Å². The van der Waals surface area contributed by atoms with Gasteiger partial charge in [-0.15, -0.1) is 0 Å². The molecular formula is C16H21N3O2. The van der Waals surface area contributed by atoms with Crippen molar-refractivity contribution in [1.29, 1.82) is 0 Å². The molecule has 0 radical (unpaired) electrons. The van der Waals surface area contributed by atoms with Crippen LogP contribution >= 0.6 is 0 Å². The summed E-state index contributed by atoms with van der Waals surface area (Å²) in [5, 5.41) is 6.55. The van der Waals surface area contributed by atoms with Gasteiger partial charge in [0, 0.05) is 18.5 Å². The number of hydrogen-bond donors (Lipinski definition) is 1. The summed E-state index contributed by atoms with van der Waals surface area (Å²) in [6.45, 7) is 8.68. The van der Waals surface area contributed by atoms with Crippen molar-refractivity contribution < 1.29 is 9.32 Å². The van der Waals surface area contributed by atoms with Crippen molar-refractivity contribution >= 4 is 5.91 Å². The maximum atomic E-state index is 12.0. The van der Waals surface area contributed by atoms with Crippen molar-refractivity contribution in [3.8, 4) is 0 Å². The van der Waals surface area contributed by atoms with E-state index in [9.17, 15) is 4.79 Å². The van der Waals surface area contributed by atoms with E-state index in [1.165, 1.54) is 5.56 Å². The lowest BCUT2D eigenvalue weighted by atomic mass is 9.87. The molecule has 0 aliphatic carbocycles. The quantitative estimate of drug-likeness (QED) is 0.938. The molecular weight excluding hydrogens is 266 g/mol. The van der Waals surface area contributed by atoms with E-state index in [4.69, 9.17) is 4.52 Å². The molecule has 1 heterocycles. The van der Waals surface area contributed by atoms with Crippen LogP contribution in [-0.2, 0) is 11.8 Å². The van der Waals surface area contributed by atoms with E-state index >= 15 is 0 Å². The molecule has 0 spiro atoms. The van der Waals surface area contributed by atoms with Crippen molar-refractivity contribution in [2.75, 3.05) is 6.54 Å². The highest BCUT2D eigenvalue weighted by Crippen LogP contribution is 2.22. The van der Waals surface area contributed by atoms with Crippen LogP contribution in [-0.4, -0.2) is 22.6 Å². The largest absolute Gasteiger partial charge is 0.352 e. The molecule has 1 aromatic heterocycles. The summed E-state index contributed by atoms with van der Waals surface area (Å²) in [6, 6.07) is 7.70. The Morgan fingerprint density at radius 1 is 1.24 bits per heavy atom. The van der Waals surface area contributed by atoms with E-state index in [0.717, 1.165) is 0 Å². The van der Waals surface area contributed by atoms with Gasteiger partial charge in [-0.05, 0) is 30.0 Å². The third-order valence-electron chi connectivity index (χ3n) is 3.21. The number of aryl methyl sites for hydroxylation is 1. The minimum Gasteiger partial charge on any atom is -0.352 e. The molecule has 21 heavy (non-hydrogen) atoms. The van der Waals surface area contributed by atoms with Gasteiger partial charge in [0.15, 0.2) is 5.82 Å². The lowest BCUT2D eigenvalue weighted by Gasteiger charge is -2.19. The van der Waals surface area contributed by atoms with Gasteiger partial charge in [-0.3, -0.25) is 4.79 Å². The Labute approximate surface area is 124 Å². The number of aromatic nitrogens is 2. The van der Waals surface area contributed by atoms with Gasteiger partial charge in [0.25, 0.3) is 5.91 Å². The molecule has 1 N–H and O–H groups in total. The van der Waals surface area contributed by atoms with E-state index < -0.39 is 0 Å². The van der Waals surface area contributed by atoms with E-state index in [0.29, 0.717) is 30.2 Å². The highest BCUT2D eigenvalue weighted by molar-refractivity contribution is 5.94. The third kappa shape index (κ3) is 4.15. The van der Waals surface area contributed by atoms with E-state index in [2.05, 4.69) is 36.2 Å². The Morgan fingerprint density at radius 2 is 1.90 bits per heavy atom. The minimum absolute atomic E-state index is 0.0881. The number of nitrogens with one attached hydrogen (secondary N) is 1. The summed E-state index contributed by atoms with van der Waals surface area (Å²) < 4.78 is 4.99. The van der Waals surface area contributed by atoms with Crippen LogP contribution in [0.5, 0.6) is 0 Å². The van der Waals surface area contributed by atoms with Crippen LogP contribution in [0.2, 0.25) is 0 Å². The van der Waals surface area contributed by atoms with Gasteiger partial charge in [0.2, 0.25) is 5.89 Å². The molecule has 5 heteroatoms. The van der Waals surface area contributed by atoms with Crippen molar-refractivity contribution in [3.05, 3.63) is 47.1 Å². The van der Waals surface area contributed by atoms with Crippen LogP contribution in [0.15, 0.2) is 28.8 Å². The number of amides is 1. The Bertz CT molecular complexity index is 609. The van der Waals surface area contributed by atoms with Gasteiger partial charge in [-0.2, -0.15) is 4.98 Å². The average molecular weight is 287 g/mol. The monoisotopic (exact) mass is 287 g/mol. The van der Waals surface area contributed by atoms with Gasteiger partial charge >= 0.3 is 0 Å². The topological polar surface area (TPSA) is 68.0 Å². The first-order valence-corrected chi connectivity index (χ1v) is 7.04. The fourth-order valence-corrected chi connectivity index (χ4v) is 1.95. The van der Waals surface area contributed by atoms with Crippen LogP contribution in [0.4, 0.5) is 0 Å². The summed E-state index contributed by atoms with van der Waals surface area (Å²) in [5.74, 6) is 1.05. The van der Waals surface area contributed by atoms with Crippen molar-refractivity contribution in [2.45, 2.75) is 39.5 Å². The summed E-state index contributed by atoms with van der Waals surface area (Å²) in [6.07, 6.45) is 0.534. The van der Waals surface area contributed by atoms with Crippen LogP contribution in [0.3, 0.4) is 0 Å². The molecule has 0 atom stereocenters. The molecule has 0 aliphatic heterocycles. The second kappa shape index (κ2) is 6.08.